The SMILES string of the molecule is COC(=O)c1c(-c2ccccc2)[nH]c2cc(F)c(F)cc2c1=O. The molecule has 0 amide bonds. The Morgan fingerprint density at radius 3 is 2.39 bits per heavy atom. The maximum absolute atomic E-state index is 13.5. The smallest absolute Gasteiger partial charge is 0.344 e. The Morgan fingerprint density at radius 1 is 1.09 bits per heavy atom. The summed E-state index contributed by atoms with van der Waals surface area (Å²) >= 11 is 0. The molecule has 1 heterocycles. The molecule has 0 atom stereocenters. The number of rotatable bonds is 2. The second-order valence-corrected chi connectivity index (χ2v) is 4.87. The number of ether oxygens (including phenoxy) is 1. The van der Waals surface area contributed by atoms with Gasteiger partial charge in [-0.25, -0.2) is 13.6 Å². The van der Waals surface area contributed by atoms with E-state index in [1.54, 1.807) is 30.3 Å². The van der Waals surface area contributed by atoms with Crippen molar-refractivity contribution in [3.63, 3.8) is 0 Å². The number of aromatic nitrogens is 1. The molecule has 4 nitrogen and oxygen atoms in total. The first-order chi connectivity index (χ1) is 11.0. The zero-order valence-corrected chi connectivity index (χ0v) is 12.0. The first-order valence-electron chi connectivity index (χ1n) is 6.71. The maximum Gasteiger partial charge on any atom is 0.344 e. The molecule has 0 aliphatic rings. The van der Waals surface area contributed by atoms with Crippen LogP contribution in [0.4, 0.5) is 8.78 Å². The number of fused-ring (bicyclic) bond motifs is 1. The standard InChI is InChI=1S/C17H11F2NO3/c1-23-17(22)14-15(9-5-3-2-4-6-9)20-13-8-12(19)11(18)7-10(13)16(14)21/h2-8H,1H3,(H,20,21). The highest BCUT2D eigenvalue weighted by Gasteiger charge is 2.21. The van der Waals surface area contributed by atoms with Gasteiger partial charge in [0.05, 0.1) is 18.3 Å². The van der Waals surface area contributed by atoms with E-state index in [2.05, 4.69) is 9.72 Å². The van der Waals surface area contributed by atoms with Gasteiger partial charge in [0.15, 0.2) is 11.6 Å². The first kappa shape index (κ1) is 14.9. The minimum absolute atomic E-state index is 0.0976. The summed E-state index contributed by atoms with van der Waals surface area (Å²) in [5.41, 5.74) is -0.126. The zero-order chi connectivity index (χ0) is 16.6. The van der Waals surface area contributed by atoms with E-state index in [9.17, 15) is 18.4 Å². The molecule has 3 rings (SSSR count). The van der Waals surface area contributed by atoms with E-state index in [4.69, 9.17) is 0 Å². The third kappa shape index (κ3) is 2.48. The number of carbonyl (C=O) groups excluding carboxylic acids is 1. The van der Waals surface area contributed by atoms with E-state index in [0.717, 1.165) is 19.2 Å². The fourth-order valence-electron chi connectivity index (χ4n) is 2.40. The first-order valence-corrected chi connectivity index (χ1v) is 6.71. The van der Waals surface area contributed by atoms with Crippen LogP contribution in [0.15, 0.2) is 47.3 Å². The average Bonchev–Trinajstić information content (AvgIpc) is 2.56. The number of H-pyrrole nitrogens is 1. The van der Waals surface area contributed by atoms with Crippen LogP contribution in [0.3, 0.4) is 0 Å². The molecule has 1 N–H and O–H groups in total. The number of methoxy groups -OCH3 is 1. The Morgan fingerprint density at radius 2 is 1.74 bits per heavy atom. The van der Waals surface area contributed by atoms with Gasteiger partial charge < -0.3 is 9.72 Å². The molecule has 0 spiro atoms. The summed E-state index contributed by atoms with van der Waals surface area (Å²) in [7, 11) is 1.14. The van der Waals surface area contributed by atoms with Gasteiger partial charge in [-0.05, 0) is 11.6 Å². The van der Waals surface area contributed by atoms with E-state index < -0.39 is 23.0 Å². The van der Waals surface area contributed by atoms with E-state index in [-0.39, 0.29) is 22.2 Å². The van der Waals surface area contributed by atoms with Gasteiger partial charge in [0.2, 0.25) is 5.43 Å². The molecule has 0 saturated heterocycles. The summed E-state index contributed by atoms with van der Waals surface area (Å²) in [4.78, 5) is 27.4. The molecule has 116 valence electrons. The molecule has 23 heavy (non-hydrogen) atoms. The number of esters is 1. The number of pyridine rings is 1. The van der Waals surface area contributed by atoms with Crippen LogP contribution < -0.4 is 5.43 Å². The van der Waals surface area contributed by atoms with Gasteiger partial charge in [0.1, 0.15) is 5.56 Å². The van der Waals surface area contributed by atoms with Gasteiger partial charge >= 0.3 is 5.97 Å². The van der Waals surface area contributed by atoms with Gasteiger partial charge in [0, 0.05) is 11.5 Å². The second-order valence-electron chi connectivity index (χ2n) is 4.87. The predicted molar refractivity (Wildman–Crippen MR) is 81.3 cm³/mol. The molecular formula is C17H11F2NO3. The fraction of sp³-hybridized carbons (Fsp3) is 0.0588. The van der Waals surface area contributed by atoms with Gasteiger partial charge in [-0.15, -0.1) is 0 Å². The van der Waals surface area contributed by atoms with Crippen LogP contribution in [0.2, 0.25) is 0 Å². The molecule has 3 aromatic rings. The summed E-state index contributed by atoms with van der Waals surface area (Å²) in [6, 6.07) is 10.3. The maximum atomic E-state index is 13.5. The predicted octanol–water partition coefficient (Wildman–Crippen LogP) is 3.26. The molecule has 0 saturated carbocycles. The van der Waals surface area contributed by atoms with Crippen LogP contribution in [0.1, 0.15) is 10.4 Å². The Balaban J connectivity index is 2.45. The minimum atomic E-state index is -1.16. The van der Waals surface area contributed by atoms with Crippen LogP contribution in [-0.2, 0) is 4.74 Å². The normalized spacial score (nSPS) is 10.7. The lowest BCUT2D eigenvalue weighted by Crippen LogP contribution is -2.19. The number of hydrogen-bond donors (Lipinski definition) is 1. The van der Waals surface area contributed by atoms with E-state index in [0.29, 0.717) is 5.56 Å². The molecule has 0 fully saturated rings. The summed E-state index contributed by atoms with van der Waals surface area (Å²) in [5, 5.41) is -0.121. The topological polar surface area (TPSA) is 59.2 Å². The molecule has 0 aliphatic carbocycles. The van der Waals surface area contributed by atoms with Crippen molar-refractivity contribution in [3.8, 4) is 11.3 Å². The molecule has 1 aromatic heterocycles. The third-order valence-corrected chi connectivity index (χ3v) is 3.49. The van der Waals surface area contributed by atoms with E-state index in [1.807, 2.05) is 0 Å². The molecule has 2 aromatic carbocycles. The highest BCUT2D eigenvalue weighted by atomic mass is 19.2. The lowest BCUT2D eigenvalue weighted by Gasteiger charge is -2.10. The highest BCUT2D eigenvalue weighted by molar-refractivity contribution is 6.00. The van der Waals surface area contributed by atoms with Crippen LogP contribution in [-0.4, -0.2) is 18.1 Å². The summed E-state index contributed by atoms with van der Waals surface area (Å²) in [6.07, 6.45) is 0. The van der Waals surface area contributed by atoms with E-state index in [1.165, 1.54) is 0 Å². The zero-order valence-electron chi connectivity index (χ0n) is 12.0. The summed E-state index contributed by atoms with van der Waals surface area (Å²) in [5.74, 6) is -3.10. The Hall–Kier alpha value is -3.02. The number of benzene rings is 2. The molecule has 0 aliphatic heterocycles. The molecule has 6 heteroatoms. The molecule has 0 unspecified atom stereocenters. The number of halogens is 2. The average molecular weight is 315 g/mol. The number of aromatic amines is 1. The van der Waals surface area contributed by atoms with Crippen LogP contribution >= 0.6 is 0 Å². The number of carbonyl (C=O) groups is 1. The highest BCUT2D eigenvalue weighted by Crippen LogP contribution is 2.24. The van der Waals surface area contributed by atoms with Crippen molar-refractivity contribution in [1.82, 2.24) is 4.98 Å². The lowest BCUT2D eigenvalue weighted by molar-refractivity contribution is 0.0600. The van der Waals surface area contributed by atoms with Gasteiger partial charge in [-0.3, -0.25) is 4.79 Å². The largest absolute Gasteiger partial charge is 0.465 e. The van der Waals surface area contributed by atoms with Crippen LogP contribution in [0.25, 0.3) is 22.2 Å². The van der Waals surface area contributed by atoms with Crippen molar-refractivity contribution >= 4 is 16.9 Å². The van der Waals surface area contributed by atoms with Gasteiger partial charge in [-0.1, -0.05) is 30.3 Å². The molecule has 0 bridgehead atoms. The van der Waals surface area contributed by atoms with Crippen LogP contribution in [0, 0.1) is 11.6 Å². The fourth-order valence-corrected chi connectivity index (χ4v) is 2.40. The second kappa shape index (κ2) is 5.64. The Kier molecular flexibility index (Phi) is 3.65. The monoisotopic (exact) mass is 315 g/mol. The van der Waals surface area contributed by atoms with Crippen molar-refractivity contribution in [1.29, 1.82) is 0 Å². The van der Waals surface area contributed by atoms with Crippen molar-refractivity contribution < 1.29 is 18.3 Å². The van der Waals surface area contributed by atoms with Crippen LogP contribution in [0.5, 0.6) is 0 Å². The van der Waals surface area contributed by atoms with Crippen molar-refractivity contribution in [2.45, 2.75) is 0 Å². The lowest BCUT2D eigenvalue weighted by atomic mass is 10.0. The molecule has 0 radical (unpaired) electrons. The van der Waals surface area contributed by atoms with Gasteiger partial charge in [0.25, 0.3) is 0 Å². The summed E-state index contributed by atoms with van der Waals surface area (Å²) < 4.78 is 31.5. The van der Waals surface area contributed by atoms with Crippen molar-refractivity contribution in [3.05, 3.63) is 69.9 Å². The Bertz CT molecular complexity index is 965. The van der Waals surface area contributed by atoms with E-state index >= 15 is 0 Å². The minimum Gasteiger partial charge on any atom is -0.465 e. The number of nitrogens with one attached hydrogen (secondary N) is 1. The number of hydrogen-bond acceptors (Lipinski definition) is 3. The van der Waals surface area contributed by atoms with Crippen molar-refractivity contribution in [2.24, 2.45) is 0 Å². The quantitative estimate of drug-likeness (QED) is 0.738. The van der Waals surface area contributed by atoms with Crippen molar-refractivity contribution in [2.75, 3.05) is 7.11 Å². The Labute approximate surface area is 129 Å². The molecular weight excluding hydrogens is 304 g/mol. The third-order valence-electron chi connectivity index (χ3n) is 3.49. The summed E-state index contributed by atoms with van der Waals surface area (Å²) in [6.45, 7) is 0. The van der Waals surface area contributed by atoms with Gasteiger partial charge in [-0.2, -0.15) is 0 Å².